The lowest BCUT2D eigenvalue weighted by Crippen LogP contribution is -2.22. The third-order valence-electron chi connectivity index (χ3n) is 6.20. The van der Waals surface area contributed by atoms with Gasteiger partial charge in [-0.3, -0.25) is 9.79 Å². The molecular weight excluding hydrogens is 416 g/mol. The van der Waals surface area contributed by atoms with E-state index in [1.807, 2.05) is 24.3 Å². The van der Waals surface area contributed by atoms with Crippen molar-refractivity contribution >= 4 is 29.1 Å². The van der Waals surface area contributed by atoms with Gasteiger partial charge in [0.1, 0.15) is 5.75 Å². The average molecular weight is 443 g/mol. The van der Waals surface area contributed by atoms with Crippen LogP contribution >= 0.6 is 11.8 Å². The van der Waals surface area contributed by atoms with Gasteiger partial charge in [-0.1, -0.05) is 61.4 Å². The number of fused-ring (bicyclic) bond motifs is 2. The lowest BCUT2D eigenvalue weighted by molar-refractivity contribution is 0.0951. The van der Waals surface area contributed by atoms with Crippen molar-refractivity contribution in [3.63, 3.8) is 0 Å². The Bertz CT molecular complexity index is 1180. The summed E-state index contributed by atoms with van der Waals surface area (Å²) in [5, 5.41) is 12.6. The van der Waals surface area contributed by atoms with E-state index in [2.05, 4.69) is 29.6 Å². The van der Waals surface area contributed by atoms with Crippen molar-refractivity contribution < 1.29 is 9.90 Å². The summed E-state index contributed by atoms with van der Waals surface area (Å²) in [4.78, 5) is 20.3. The predicted octanol–water partition coefficient (Wildman–Crippen LogP) is 6.49. The molecule has 3 aromatic rings. The molecule has 2 N–H and O–H groups in total. The second kappa shape index (κ2) is 9.21. The fraction of sp³-hybridized carbons (Fsp3) is 0.259. The second-order valence-electron chi connectivity index (χ2n) is 8.47. The lowest BCUT2D eigenvalue weighted by Gasteiger charge is -2.24. The van der Waals surface area contributed by atoms with Gasteiger partial charge < -0.3 is 10.4 Å². The van der Waals surface area contributed by atoms with Crippen molar-refractivity contribution in [1.82, 2.24) is 5.32 Å². The van der Waals surface area contributed by atoms with Crippen LogP contribution in [0.5, 0.6) is 5.75 Å². The van der Waals surface area contributed by atoms with Crippen LogP contribution in [0, 0.1) is 5.92 Å². The summed E-state index contributed by atoms with van der Waals surface area (Å²) in [7, 11) is 0. The quantitative estimate of drug-likeness (QED) is 0.486. The number of carbonyl (C=O) groups excluding carboxylic acids is 1. The molecule has 3 aromatic carbocycles. The van der Waals surface area contributed by atoms with Crippen LogP contribution < -0.4 is 5.32 Å². The summed E-state index contributed by atoms with van der Waals surface area (Å²) >= 11 is 1.73. The van der Waals surface area contributed by atoms with Crippen molar-refractivity contribution in [3.8, 4) is 5.75 Å². The second-order valence-corrected chi connectivity index (χ2v) is 9.55. The SMILES string of the molecule is O=C(NCc1cccc(O)c1)c1ccc2c(c1)N=C(C1CCCCC1)c1ccccc1S2. The topological polar surface area (TPSA) is 61.7 Å². The van der Waals surface area contributed by atoms with Gasteiger partial charge in [0.15, 0.2) is 0 Å². The number of phenols is 1. The predicted molar refractivity (Wildman–Crippen MR) is 129 cm³/mol. The number of nitrogens with zero attached hydrogens (tertiary/aromatic N) is 1. The zero-order valence-electron chi connectivity index (χ0n) is 17.9. The summed E-state index contributed by atoms with van der Waals surface area (Å²) < 4.78 is 0. The highest BCUT2D eigenvalue weighted by Crippen LogP contribution is 2.43. The number of hydrogen-bond donors (Lipinski definition) is 2. The van der Waals surface area contributed by atoms with E-state index >= 15 is 0 Å². The van der Waals surface area contributed by atoms with Crippen LogP contribution in [0.25, 0.3) is 0 Å². The smallest absolute Gasteiger partial charge is 0.251 e. The maximum absolute atomic E-state index is 12.8. The van der Waals surface area contributed by atoms with E-state index in [4.69, 9.17) is 4.99 Å². The highest BCUT2D eigenvalue weighted by atomic mass is 32.2. The number of carbonyl (C=O) groups is 1. The molecule has 0 spiro atoms. The molecule has 1 fully saturated rings. The van der Waals surface area contributed by atoms with Crippen LogP contribution in [-0.2, 0) is 6.54 Å². The standard InChI is InChI=1S/C27H26N2O2S/c30-21-10-6-7-18(15-21)17-28-27(31)20-13-14-25-23(16-20)29-26(19-8-2-1-3-9-19)22-11-4-5-12-24(22)32-25/h4-7,10-16,19,30H,1-3,8-9,17H2,(H,28,31). The molecule has 4 nitrogen and oxygen atoms in total. The average Bonchev–Trinajstić information content (AvgIpc) is 2.99. The molecule has 0 aromatic heterocycles. The van der Waals surface area contributed by atoms with Crippen molar-refractivity contribution in [2.24, 2.45) is 10.9 Å². The maximum atomic E-state index is 12.8. The van der Waals surface area contributed by atoms with Crippen LogP contribution in [0.3, 0.4) is 0 Å². The summed E-state index contributed by atoms with van der Waals surface area (Å²) in [6.07, 6.45) is 6.17. The number of aromatic hydroxyl groups is 1. The minimum atomic E-state index is -0.141. The molecule has 2 aliphatic rings. The molecule has 1 amide bonds. The van der Waals surface area contributed by atoms with Gasteiger partial charge in [-0.2, -0.15) is 0 Å². The Hall–Kier alpha value is -3.05. The van der Waals surface area contributed by atoms with Crippen molar-refractivity contribution in [2.45, 2.75) is 48.4 Å². The van der Waals surface area contributed by atoms with Gasteiger partial charge in [0.05, 0.1) is 11.4 Å². The largest absolute Gasteiger partial charge is 0.508 e. The van der Waals surface area contributed by atoms with Gasteiger partial charge >= 0.3 is 0 Å². The first kappa shape index (κ1) is 20.8. The van der Waals surface area contributed by atoms with Gasteiger partial charge in [0.25, 0.3) is 5.91 Å². The number of benzene rings is 3. The molecule has 1 saturated carbocycles. The van der Waals surface area contributed by atoms with Crippen LogP contribution in [0.1, 0.15) is 53.6 Å². The van der Waals surface area contributed by atoms with Gasteiger partial charge in [-0.15, -0.1) is 0 Å². The number of rotatable bonds is 4. The van der Waals surface area contributed by atoms with Crippen LogP contribution in [0.15, 0.2) is 81.5 Å². The Morgan fingerprint density at radius 2 is 1.81 bits per heavy atom. The Morgan fingerprint density at radius 1 is 0.969 bits per heavy atom. The van der Waals surface area contributed by atoms with E-state index in [-0.39, 0.29) is 11.7 Å². The Balaban J connectivity index is 1.44. The molecule has 0 bridgehead atoms. The molecule has 0 unspecified atom stereocenters. The highest BCUT2D eigenvalue weighted by molar-refractivity contribution is 7.99. The summed E-state index contributed by atoms with van der Waals surface area (Å²) in [5.41, 5.74) is 4.73. The Morgan fingerprint density at radius 3 is 2.66 bits per heavy atom. The third-order valence-corrected chi connectivity index (χ3v) is 7.34. The van der Waals surface area contributed by atoms with E-state index < -0.39 is 0 Å². The molecule has 0 atom stereocenters. The summed E-state index contributed by atoms with van der Waals surface area (Å²) in [5.74, 6) is 0.528. The van der Waals surface area contributed by atoms with Gasteiger partial charge in [-0.05, 0) is 54.8 Å². The highest BCUT2D eigenvalue weighted by Gasteiger charge is 2.26. The number of aliphatic imine (C=N–C) groups is 1. The fourth-order valence-corrected chi connectivity index (χ4v) is 5.56. The molecule has 0 saturated heterocycles. The van der Waals surface area contributed by atoms with E-state index in [1.54, 1.807) is 30.0 Å². The van der Waals surface area contributed by atoms with E-state index in [0.29, 0.717) is 18.0 Å². The first-order chi connectivity index (χ1) is 15.7. The van der Waals surface area contributed by atoms with Crippen LogP contribution in [0.4, 0.5) is 5.69 Å². The minimum absolute atomic E-state index is 0.141. The Kier molecular flexibility index (Phi) is 5.99. The molecule has 162 valence electrons. The lowest BCUT2D eigenvalue weighted by atomic mass is 9.83. The zero-order valence-corrected chi connectivity index (χ0v) is 18.7. The van der Waals surface area contributed by atoms with Crippen LogP contribution in [-0.4, -0.2) is 16.7 Å². The molecule has 5 heteroatoms. The first-order valence-corrected chi connectivity index (χ1v) is 12.0. The molecular formula is C27H26N2O2S. The Labute approximate surface area is 192 Å². The number of phenolic OH excluding ortho intramolecular Hbond substituents is 1. The fourth-order valence-electron chi connectivity index (χ4n) is 4.55. The molecule has 5 rings (SSSR count). The molecule has 1 aliphatic carbocycles. The zero-order chi connectivity index (χ0) is 21.9. The van der Waals surface area contributed by atoms with Crippen molar-refractivity contribution in [2.75, 3.05) is 0 Å². The first-order valence-electron chi connectivity index (χ1n) is 11.2. The van der Waals surface area contributed by atoms with Crippen LogP contribution in [0.2, 0.25) is 0 Å². The van der Waals surface area contributed by atoms with Gasteiger partial charge in [0.2, 0.25) is 0 Å². The molecule has 0 radical (unpaired) electrons. The monoisotopic (exact) mass is 442 g/mol. The summed E-state index contributed by atoms with van der Waals surface area (Å²) in [6.45, 7) is 0.362. The molecule has 1 aliphatic heterocycles. The van der Waals surface area contributed by atoms with Gasteiger partial charge in [-0.25, -0.2) is 0 Å². The molecule has 1 heterocycles. The number of amides is 1. The van der Waals surface area contributed by atoms with Crippen molar-refractivity contribution in [1.29, 1.82) is 0 Å². The van der Waals surface area contributed by atoms with E-state index in [1.165, 1.54) is 48.3 Å². The van der Waals surface area contributed by atoms with Crippen molar-refractivity contribution in [3.05, 3.63) is 83.4 Å². The number of hydrogen-bond acceptors (Lipinski definition) is 4. The normalized spacial score (nSPS) is 15.8. The minimum Gasteiger partial charge on any atom is -0.508 e. The number of nitrogens with one attached hydrogen (secondary N) is 1. The van der Waals surface area contributed by atoms with Gasteiger partial charge in [0, 0.05) is 33.4 Å². The maximum Gasteiger partial charge on any atom is 0.251 e. The van der Waals surface area contributed by atoms with E-state index in [0.717, 1.165) is 16.1 Å². The van der Waals surface area contributed by atoms with E-state index in [9.17, 15) is 9.90 Å². The summed E-state index contributed by atoms with van der Waals surface area (Å²) in [6, 6.07) is 21.2. The molecule has 32 heavy (non-hydrogen) atoms. The third kappa shape index (κ3) is 4.44.